The number of hydrogen-bond acceptors (Lipinski definition) is 2. The second kappa shape index (κ2) is 3.69. The molecule has 0 bridgehead atoms. The summed E-state index contributed by atoms with van der Waals surface area (Å²) in [5, 5.41) is 7.12. The van der Waals surface area contributed by atoms with Crippen molar-refractivity contribution in [1.82, 2.24) is 15.1 Å². The largest absolute Gasteiger partial charge is 0.313 e. The number of alkyl halides is 1. The van der Waals surface area contributed by atoms with Crippen LogP contribution >= 0.6 is 0 Å². The van der Waals surface area contributed by atoms with Crippen molar-refractivity contribution in [2.45, 2.75) is 24.9 Å². The zero-order chi connectivity index (χ0) is 10.0. The van der Waals surface area contributed by atoms with Crippen LogP contribution in [-0.2, 0) is 13.5 Å². The Bertz CT molecular complexity index is 302. The lowest BCUT2D eigenvalue weighted by Gasteiger charge is -2.17. The summed E-state index contributed by atoms with van der Waals surface area (Å²) in [5.74, 6) is 0. The minimum Gasteiger partial charge on any atom is -0.313 e. The smallest absolute Gasteiger partial charge is 0.125 e. The summed E-state index contributed by atoms with van der Waals surface area (Å²) >= 11 is 0. The van der Waals surface area contributed by atoms with Crippen LogP contribution in [0.1, 0.15) is 18.5 Å². The molecule has 0 spiro atoms. The molecular formula is C10H16FN3. The molecule has 2 heterocycles. The van der Waals surface area contributed by atoms with Gasteiger partial charge in [-0.15, -0.1) is 0 Å². The summed E-state index contributed by atoms with van der Waals surface area (Å²) in [7, 11) is 1.90. The molecule has 1 unspecified atom stereocenters. The summed E-state index contributed by atoms with van der Waals surface area (Å²) in [5.41, 5.74) is 0.110. The molecule has 4 heteroatoms. The van der Waals surface area contributed by atoms with Crippen molar-refractivity contribution in [3.63, 3.8) is 0 Å². The van der Waals surface area contributed by atoms with Gasteiger partial charge in [-0.25, -0.2) is 4.39 Å². The van der Waals surface area contributed by atoms with Gasteiger partial charge in [-0.1, -0.05) is 0 Å². The van der Waals surface area contributed by atoms with Crippen LogP contribution in [0.4, 0.5) is 4.39 Å². The Morgan fingerprint density at radius 3 is 3.14 bits per heavy atom. The maximum absolute atomic E-state index is 13.9. The van der Waals surface area contributed by atoms with Crippen LogP contribution in [0.3, 0.4) is 0 Å². The summed E-state index contributed by atoms with van der Waals surface area (Å²) in [4.78, 5) is 0. The molecule has 78 valence electrons. The van der Waals surface area contributed by atoms with Gasteiger partial charge in [0.15, 0.2) is 0 Å². The topological polar surface area (TPSA) is 29.9 Å². The molecule has 2 rings (SSSR count). The first kappa shape index (κ1) is 9.65. The molecule has 0 amide bonds. The number of nitrogens with one attached hydrogen (secondary N) is 1. The molecular weight excluding hydrogens is 181 g/mol. The van der Waals surface area contributed by atoms with E-state index in [1.807, 2.05) is 17.8 Å². The highest BCUT2D eigenvalue weighted by atomic mass is 19.1. The summed E-state index contributed by atoms with van der Waals surface area (Å²) in [6.07, 6.45) is 3.77. The first-order chi connectivity index (χ1) is 6.70. The minimum atomic E-state index is -0.996. The quantitative estimate of drug-likeness (QED) is 0.785. The van der Waals surface area contributed by atoms with Crippen LogP contribution in [0.2, 0.25) is 0 Å². The van der Waals surface area contributed by atoms with Crippen molar-refractivity contribution in [3.05, 3.63) is 18.0 Å². The van der Waals surface area contributed by atoms with Crippen molar-refractivity contribution in [2.24, 2.45) is 7.05 Å². The Hall–Kier alpha value is -0.900. The Kier molecular flexibility index (Phi) is 2.54. The van der Waals surface area contributed by atoms with Crippen LogP contribution in [0.25, 0.3) is 0 Å². The fourth-order valence-corrected chi connectivity index (χ4v) is 1.93. The number of rotatable bonds is 3. The van der Waals surface area contributed by atoms with Crippen LogP contribution in [-0.4, -0.2) is 28.5 Å². The van der Waals surface area contributed by atoms with Crippen molar-refractivity contribution < 1.29 is 4.39 Å². The highest BCUT2D eigenvalue weighted by molar-refractivity contribution is 5.02. The van der Waals surface area contributed by atoms with Gasteiger partial charge in [0, 0.05) is 25.5 Å². The molecule has 1 aliphatic rings. The molecule has 1 aromatic rings. The monoisotopic (exact) mass is 197 g/mol. The van der Waals surface area contributed by atoms with E-state index in [-0.39, 0.29) is 0 Å². The first-order valence-corrected chi connectivity index (χ1v) is 5.06. The zero-order valence-corrected chi connectivity index (χ0v) is 8.46. The van der Waals surface area contributed by atoms with E-state index in [1.165, 1.54) is 0 Å². The van der Waals surface area contributed by atoms with E-state index in [1.54, 1.807) is 6.20 Å². The van der Waals surface area contributed by atoms with Crippen LogP contribution in [0.15, 0.2) is 12.3 Å². The van der Waals surface area contributed by atoms with Crippen molar-refractivity contribution in [3.8, 4) is 0 Å². The van der Waals surface area contributed by atoms with Crippen molar-refractivity contribution >= 4 is 0 Å². The van der Waals surface area contributed by atoms with Crippen LogP contribution < -0.4 is 5.32 Å². The molecule has 0 aromatic carbocycles. The van der Waals surface area contributed by atoms with E-state index < -0.39 is 5.67 Å². The normalized spacial score (nSPS) is 27.0. The summed E-state index contributed by atoms with van der Waals surface area (Å²) in [6, 6.07) is 1.95. The fraction of sp³-hybridized carbons (Fsp3) is 0.700. The molecule has 0 radical (unpaired) electrons. The standard InChI is InChI=1S/C10H16FN3/c1-14-9(3-6-13-14)2-4-10(11)5-7-12-8-10/h3,6,12H,2,4-5,7-8H2,1H3. The highest BCUT2D eigenvalue weighted by Gasteiger charge is 2.33. The number of aryl methyl sites for hydroxylation is 2. The average molecular weight is 197 g/mol. The fourth-order valence-electron chi connectivity index (χ4n) is 1.93. The van der Waals surface area contributed by atoms with Gasteiger partial charge in [-0.2, -0.15) is 5.10 Å². The molecule has 3 nitrogen and oxygen atoms in total. The molecule has 0 saturated carbocycles. The Balaban J connectivity index is 1.91. The van der Waals surface area contributed by atoms with Crippen LogP contribution in [0.5, 0.6) is 0 Å². The second-order valence-electron chi connectivity index (χ2n) is 4.02. The Morgan fingerprint density at radius 2 is 2.57 bits per heavy atom. The molecule has 1 fully saturated rings. The van der Waals surface area contributed by atoms with Gasteiger partial charge >= 0.3 is 0 Å². The Labute approximate surface area is 83.3 Å². The minimum absolute atomic E-state index is 0.505. The lowest BCUT2D eigenvalue weighted by atomic mass is 9.98. The van der Waals surface area contributed by atoms with Gasteiger partial charge in [0.2, 0.25) is 0 Å². The van der Waals surface area contributed by atoms with E-state index in [0.717, 1.165) is 18.7 Å². The predicted octanol–water partition coefficient (Wildman–Crippen LogP) is 1.05. The van der Waals surface area contributed by atoms with E-state index >= 15 is 0 Å². The first-order valence-electron chi connectivity index (χ1n) is 5.06. The van der Waals surface area contributed by atoms with Gasteiger partial charge in [0.1, 0.15) is 5.67 Å². The molecule has 1 aliphatic heterocycles. The van der Waals surface area contributed by atoms with Gasteiger partial charge < -0.3 is 5.32 Å². The van der Waals surface area contributed by atoms with E-state index in [4.69, 9.17) is 0 Å². The predicted molar refractivity (Wildman–Crippen MR) is 52.9 cm³/mol. The number of nitrogens with zero attached hydrogens (tertiary/aromatic N) is 2. The number of aromatic nitrogens is 2. The molecule has 1 saturated heterocycles. The maximum atomic E-state index is 13.9. The van der Waals surface area contributed by atoms with Gasteiger partial charge in [0.25, 0.3) is 0 Å². The zero-order valence-electron chi connectivity index (χ0n) is 8.46. The van der Waals surface area contributed by atoms with Crippen molar-refractivity contribution in [1.29, 1.82) is 0 Å². The van der Waals surface area contributed by atoms with E-state index in [0.29, 0.717) is 19.4 Å². The third kappa shape index (κ3) is 1.95. The number of halogens is 1. The molecule has 0 aliphatic carbocycles. The van der Waals surface area contributed by atoms with Crippen molar-refractivity contribution in [2.75, 3.05) is 13.1 Å². The molecule has 1 atom stereocenters. The van der Waals surface area contributed by atoms with Gasteiger partial charge in [-0.3, -0.25) is 4.68 Å². The van der Waals surface area contributed by atoms with E-state index in [2.05, 4.69) is 10.4 Å². The lowest BCUT2D eigenvalue weighted by molar-refractivity contribution is 0.175. The van der Waals surface area contributed by atoms with Crippen LogP contribution in [0, 0.1) is 0 Å². The number of hydrogen-bond donors (Lipinski definition) is 1. The molecule has 1 N–H and O–H groups in total. The highest BCUT2D eigenvalue weighted by Crippen LogP contribution is 2.25. The Morgan fingerprint density at radius 1 is 1.71 bits per heavy atom. The SMILES string of the molecule is Cn1nccc1CCC1(F)CCNC1. The van der Waals surface area contributed by atoms with Gasteiger partial charge in [0.05, 0.1) is 0 Å². The lowest BCUT2D eigenvalue weighted by Crippen LogP contribution is -2.26. The average Bonchev–Trinajstić information content (AvgIpc) is 2.73. The maximum Gasteiger partial charge on any atom is 0.125 e. The van der Waals surface area contributed by atoms with Gasteiger partial charge in [-0.05, 0) is 31.9 Å². The third-order valence-electron chi connectivity index (χ3n) is 2.94. The molecule has 14 heavy (non-hydrogen) atoms. The third-order valence-corrected chi connectivity index (χ3v) is 2.94. The molecule has 1 aromatic heterocycles. The summed E-state index contributed by atoms with van der Waals surface area (Å²) in [6.45, 7) is 1.31. The van der Waals surface area contributed by atoms with E-state index in [9.17, 15) is 4.39 Å². The second-order valence-corrected chi connectivity index (χ2v) is 4.02. The summed E-state index contributed by atoms with van der Waals surface area (Å²) < 4.78 is 15.8.